The van der Waals surface area contributed by atoms with Crippen LogP contribution in [-0.4, -0.2) is 6.04 Å². The molecule has 2 aromatic carbocycles. The van der Waals surface area contributed by atoms with Crippen molar-refractivity contribution in [1.82, 2.24) is 0 Å². The first-order valence-electron chi connectivity index (χ1n) is 6.56. The summed E-state index contributed by atoms with van der Waals surface area (Å²) in [6.45, 7) is 2.02. The maximum Gasteiger partial charge on any atom is 0.140 e. The molecule has 0 aromatic heterocycles. The molecule has 0 spiro atoms. The fourth-order valence-corrected chi connectivity index (χ4v) is 2.38. The second kappa shape index (κ2) is 7.04. The molecular weight excluding hydrogens is 368 g/mol. The summed E-state index contributed by atoms with van der Waals surface area (Å²) in [6.07, 6.45) is 1.45. The molecule has 4 heteroatoms. The van der Waals surface area contributed by atoms with Crippen LogP contribution in [0.15, 0.2) is 42.5 Å². The van der Waals surface area contributed by atoms with E-state index >= 15 is 0 Å². The molecule has 2 aromatic rings. The molecule has 2 nitrogen and oxygen atoms in total. The Hall–Kier alpha value is -1.14. The normalized spacial score (nSPS) is 12.2. The first kappa shape index (κ1) is 15.3. The second-order valence-electron chi connectivity index (χ2n) is 4.66. The molecule has 0 saturated heterocycles. The SMILES string of the molecule is CCC(N)Cc1cc(F)ccc1Oc1ccccc1I. The number of nitrogens with two attached hydrogens (primary N) is 1. The van der Waals surface area contributed by atoms with Crippen LogP contribution >= 0.6 is 22.6 Å². The molecule has 0 bridgehead atoms. The maximum absolute atomic E-state index is 13.4. The van der Waals surface area contributed by atoms with Gasteiger partial charge in [-0.15, -0.1) is 0 Å². The highest BCUT2D eigenvalue weighted by Crippen LogP contribution is 2.30. The second-order valence-corrected chi connectivity index (χ2v) is 5.82. The quantitative estimate of drug-likeness (QED) is 0.770. The number of ether oxygens (including phenoxy) is 1. The zero-order valence-electron chi connectivity index (χ0n) is 11.3. The summed E-state index contributed by atoms with van der Waals surface area (Å²) in [5.41, 5.74) is 6.77. The third-order valence-corrected chi connectivity index (χ3v) is 3.98. The van der Waals surface area contributed by atoms with Crippen molar-refractivity contribution in [3.05, 3.63) is 57.4 Å². The molecule has 0 aliphatic rings. The molecule has 0 aliphatic carbocycles. The molecule has 0 heterocycles. The van der Waals surface area contributed by atoms with Crippen LogP contribution in [-0.2, 0) is 6.42 Å². The van der Waals surface area contributed by atoms with Crippen molar-refractivity contribution < 1.29 is 9.13 Å². The number of hydrogen-bond acceptors (Lipinski definition) is 2. The van der Waals surface area contributed by atoms with Crippen molar-refractivity contribution in [2.45, 2.75) is 25.8 Å². The van der Waals surface area contributed by atoms with Gasteiger partial charge in [-0.05, 0) is 71.3 Å². The summed E-state index contributed by atoms with van der Waals surface area (Å²) in [7, 11) is 0. The fourth-order valence-electron chi connectivity index (χ4n) is 1.88. The summed E-state index contributed by atoms with van der Waals surface area (Å²) in [5, 5.41) is 0. The third kappa shape index (κ3) is 3.93. The van der Waals surface area contributed by atoms with Gasteiger partial charge >= 0.3 is 0 Å². The van der Waals surface area contributed by atoms with Crippen molar-refractivity contribution in [3.63, 3.8) is 0 Å². The van der Waals surface area contributed by atoms with E-state index in [0.29, 0.717) is 12.2 Å². The van der Waals surface area contributed by atoms with Crippen molar-refractivity contribution in [2.24, 2.45) is 5.73 Å². The average Bonchev–Trinajstić information content (AvgIpc) is 2.44. The summed E-state index contributed by atoms with van der Waals surface area (Å²) >= 11 is 2.21. The Bertz CT molecular complexity index is 588. The lowest BCUT2D eigenvalue weighted by atomic mass is 10.0. The average molecular weight is 385 g/mol. The van der Waals surface area contributed by atoms with E-state index in [0.717, 1.165) is 21.3 Å². The molecule has 0 radical (unpaired) electrons. The molecule has 0 fully saturated rings. The first-order chi connectivity index (χ1) is 9.60. The van der Waals surface area contributed by atoms with Crippen LogP contribution < -0.4 is 10.5 Å². The number of hydrogen-bond donors (Lipinski definition) is 1. The van der Waals surface area contributed by atoms with E-state index in [4.69, 9.17) is 10.5 Å². The van der Waals surface area contributed by atoms with Crippen LogP contribution in [0, 0.1) is 9.39 Å². The van der Waals surface area contributed by atoms with E-state index in [-0.39, 0.29) is 11.9 Å². The molecule has 0 saturated carbocycles. The van der Waals surface area contributed by atoms with Gasteiger partial charge in [0.2, 0.25) is 0 Å². The van der Waals surface area contributed by atoms with E-state index in [1.807, 2.05) is 31.2 Å². The van der Waals surface area contributed by atoms with Crippen molar-refractivity contribution in [2.75, 3.05) is 0 Å². The highest BCUT2D eigenvalue weighted by Gasteiger charge is 2.11. The summed E-state index contributed by atoms with van der Waals surface area (Å²) in [6, 6.07) is 12.3. The summed E-state index contributed by atoms with van der Waals surface area (Å²) < 4.78 is 20.3. The third-order valence-electron chi connectivity index (χ3n) is 3.09. The van der Waals surface area contributed by atoms with Crippen molar-refractivity contribution in [1.29, 1.82) is 0 Å². The lowest BCUT2D eigenvalue weighted by molar-refractivity contribution is 0.466. The van der Waals surface area contributed by atoms with Gasteiger partial charge in [0.05, 0.1) is 3.57 Å². The van der Waals surface area contributed by atoms with Gasteiger partial charge < -0.3 is 10.5 Å². The molecule has 0 amide bonds. The van der Waals surface area contributed by atoms with E-state index in [9.17, 15) is 4.39 Å². The van der Waals surface area contributed by atoms with Crippen molar-refractivity contribution in [3.8, 4) is 11.5 Å². The highest BCUT2D eigenvalue weighted by atomic mass is 127. The Kier molecular flexibility index (Phi) is 5.37. The van der Waals surface area contributed by atoms with Gasteiger partial charge in [0.1, 0.15) is 17.3 Å². The maximum atomic E-state index is 13.4. The Balaban J connectivity index is 2.29. The van der Waals surface area contributed by atoms with Crippen LogP contribution in [0.25, 0.3) is 0 Å². The standard InChI is InChI=1S/C16H17FINO/c1-2-13(19)10-11-9-12(17)7-8-15(11)20-16-6-4-3-5-14(16)18/h3-9,13H,2,10,19H2,1H3. The van der Waals surface area contributed by atoms with Gasteiger partial charge in [-0.3, -0.25) is 0 Å². The molecule has 2 N–H and O–H groups in total. The van der Waals surface area contributed by atoms with Crippen LogP contribution in [0.1, 0.15) is 18.9 Å². The number of para-hydroxylation sites is 1. The minimum absolute atomic E-state index is 0.00833. The van der Waals surface area contributed by atoms with Crippen LogP contribution in [0.3, 0.4) is 0 Å². The lowest BCUT2D eigenvalue weighted by Gasteiger charge is -2.15. The molecule has 1 atom stereocenters. The monoisotopic (exact) mass is 385 g/mol. The van der Waals surface area contributed by atoms with Gasteiger partial charge in [-0.1, -0.05) is 19.1 Å². The predicted molar refractivity (Wildman–Crippen MR) is 87.6 cm³/mol. The largest absolute Gasteiger partial charge is 0.456 e. The Labute approximate surface area is 132 Å². The molecule has 0 aliphatic heterocycles. The van der Waals surface area contributed by atoms with Gasteiger partial charge in [0.15, 0.2) is 0 Å². The molecule has 1 unspecified atom stereocenters. The molecule has 20 heavy (non-hydrogen) atoms. The van der Waals surface area contributed by atoms with Gasteiger partial charge in [0.25, 0.3) is 0 Å². The van der Waals surface area contributed by atoms with Crippen LogP contribution in [0.5, 0.6) is 11.5 Å². The van der Waals surface area contributed by atoms with Gasteiger partial charge in [0, 0.05) is 6.04 Å². The molecule has 2 rings (SSSR count). The summed E-state index contributed by atoms with van der Waals surface area (Å²) in [4.78, 5) is 0. The molecular formula is C16H17FINO. The van der Waals surface area contributed by atoms with E-state index < -0.39 is 0 Å². The Morgan fingerprint density at radius 3 is 2.65 bits per heavy atom. The highest BCUT2D eigenvalue weighted by molar-refractivity contribution is 14.1. The van der Waals surface area contributed by atoms with Crippen LogP contribution in [0.4, 0.5) is 4.39 Å². The topological polar surface area (TPSA) is 35.2 Å². The molecule has 106 valence electrons. The predicted octanol–water partition coefficient (Wildman–Crippen LogP) is 4.50. The van der Waals surface area contributed by atoms with Gasteiger partial charge in [-0.2, -0.15) is 0 Å². The lowest BCUT2D eigenvalue weighted by Crippen LogP contribution is -2.21. The Morgan fingerprint density at radius 1 is 1.20 bits per heavy atom. The zero-order chi connectivity index (χ0) is 14.5. The Morgan fingerprint density at radius 2 is 1.95 bits per heavy atom. The summed E-state index contributed by atoms with van der Waals surface area (Å²) in [5.74, 6) is 1.17. The van der Waals surface area contributed by atoms with E-state index in [2.05, 4.69) is 22.6 Å². The van der Waals surface area contributed by atoms with E-state index in [1.165, 1.54) is 12.1 Å². The van der Waals surface area contributed by atoms with Gasteiger partial charge in [-0.25, -0.2) is 4.39 Å². The number of benzene rings is 2. The smallest absolute Gasteiger partial charge is 0.140 e. The number of halogens is 2. The van der Waals surface area contributed by atoms with Crippen molar-refractivity contribution >= 4 is 22.6 Å². The minimum atomic E-state index is -0.265. The van der Waals surface area contributed by atoms with Crippen LogP contribution in [0.2, 0.25) is 0 Å². The fraction of sp³-hybridized carbons (Fsp3) is 0.250. The minimum Gasteiger partial charge on any atom is -0.456 e. The number of rotatable bonds is 5. The van der Waals surface area contributed by atoms with E-state index in [1.54, 1.807) is 6.07 Å². The zero-order valence-corrected chi connectivity index (χ0v) is 13.4. The first-order valence-corrected chi connectivity index (χ1v) is 7.64.